The molecule has 0 unspecified atom stereocenters. The highest BCUT2D eigenvalue weighted by atomic mass is 35.5. The zero-order valence-electron chi connectivity index (χ0n) is 9.57. The van der Waals surface area contributed by atoms with Gasteiger partial charge in [0.15, 0.2) is 0 Å². The van der Waals surface area contributed by atoms with Crippen LogP contribution >= 0.6 is 11.6 Å². The van der Waals surface area contributed by atoms with E-state index in [2.05, 4.69) is 0 Å². The number of halogens is 1. The Labute approximate surface area is 101 Å². The van der Waals surface area contributed by atoms with E-state index in [1.165, 1.54) is 19.3 Å². The molecule has 4 heteroatoms. The Balaban J connectivity index is 1.78. The fourth-order valence-electron chi connectivity index (χ4n) is 1.96. The van der Waals surface area contributed by atoms with Gasteiger partial charge in [0.2, 0.25) is 0 Å². The van der Waals surface area contributed by atoms with Gasteiger partial charge in [-0.1, -0.05) is 12.8 Å². The second kappa shape index (κ2) is 5.58. The summed E-state index contributed by atoms with van der Waals surface area (Å²) in [5.41, 5.74) is 0.167. The van der Waals surface area contributed by atoms with Gasteiger partial charge in [0.25, 0.3) is 0 Å². The normalized spacial score (nSPS) is 15.6. The van der Waals surface area contributed by atoms with E-state index in [1.54, 1.807) is 0 Å². The van der Waals surface area contributed by atoms with E-state index in [0.717, 1.165) is 31.7 Å². The summed E-state index contributed by atoms with van der Waals surface area (Å²) >= 11 is 5.61. The number of imidazole rings is 1. The van der Waals surface area contributed by atoms with Crippen LogP contribution < -0.4 is 5.69 Å². The Morgan fingerprint density at radius 2 is 1.94 bits per heavy atom. The van der Waals surface area contributed by atoms with E-state index in [9.17, 15) is 4.79 Å². The van der Waals surface area contributed by atoms with Gasteiger partial charge in [-0.2, -0.15) is 0 Å². The van der Waals surface area contributed by atoms with Gasteiger partial charge >= 0.3 is 5.69 Å². The number of nitrogens with zero attached hydrogens (tertiary/aromatic N) is 2. The van der Waals surface area contributed by atoms with Gasteiger partial charge in [0.05, 0.1) is 0 Å². The molecule has 1 aliphatic rings. The number of aromatic nitrogens is 2. The molecule has 2 rings (SSSR count). The van der Waals surface area contributed by atoms with E-state index in [0.29, 0.717) is 6.04 Å². The monoisotopic (exact) mass is 242 g/mol. The number of unbranched alkanes of at least 4 members (excludes halogenated alkanes) is 3. The molecule has 0 saturated heterocycles. The summed E-state index contributed by atoms with van der Waals surface area (Å²) in [6.07, 6.45) is 10.7. The quantitative estimate of drug-likeness (QED) is 0.534. The van der Waals surface area contributed by atoms with Crippen molar-refractivity contribution in [2.45, 2.75) is 51.1 Å². The van der Waals surface area contributed by atoms with Crippen molar-refractivity contribution in [2.24, 2.45) is 0 Å². The van der Waals surface area contributed by atoms with Crippen molar-refractivity contribution in [3.63, 3.8) is 0 Å². The van der Waals surface area contributed by atoms with Gasteiger partial charge in [-0.05, 0) is 25.7 Å². The largest absolute Gasteiger partial charge is 0.328 e. The van der Waals surface area contributed by atoms with Crippen LogP contribution in [0.2, 0.25) is 0 Å². The van der Waals surface area contributed by atoms with Gasteiger partial charge in [-0.3, -0.25) is 9.13 Å². The van der Waals surface area contributed by atoms with Gasteiger partial charge in [-0.25, -0.2) is 4.79 Å². The molecular weight excluding hydrogens is 224 g/mol. The van der Waals surface area contributed by atoms with Crippen molar-refractivity contribution in [3.8, 4) is 0 Å². The fraction of sp³-hybridized carbons (Fsp3) is 0.750. The van der Waals surface area contributed by atoms with Crippen molar-refractivity contribution < 1.29 is 0 Å². The third kappa shape index (κ3) is 2.91. The van der Waals surface area contributed by atoms with Crippen LogP contribution in [-0.4, -0.2) is 15.0 Å². The smallest absolute Gasteiger partial charge is 0.299 e. The fourth-order valence-corrected chi connectivity index (χ4v) is 2.15. The summed E-state index contributed by atoms with van der Waals surface area (Å²) in [5.74, 6) is 0.748. The third-order valence-corrected chi connectivity index (χ3v) is 3.36. The molecule has 1 saturated carbocycles. The second-order valence-corrected chi connectivity index (χ2v) is 4.89. The molecule has 0 bridgehead atoms. The molecule has 0 radical (unpaired) electrons. The molecule has 0 aromatic carbocycles. The summed E-state index contributed by atoms with van der Waals surface area (Å²) in [4.78, 5) is 11.9. The molecule has 0 N–H and O–H groups in total. The predicted octanol–water partition coefficient (Wildman–Crippen LogP) is 2.78. The van der Waals surface area contributed by atoms with Crippen LogP contribution in [0.5, 0.6) is 0 Å². The van der Waals surface area contributed by atoms with Gasteiger partial charge < -0.3 is 0 Å². The Kier molecular flexibility index (Phi) is 4.10. The molecule has 1 fully saturated rings. The average Bonchev–Trinajstić information content (AvgIpc) is 3.05. The number of rotatable bonds is 7. The Morgan fingerprint density at radius 3 is 2.62 bits per heavy atom. The van der Waals surface area contributed by atoms with Crippen LogP contribution in [0.15, 0.2) is 17.2 Å². The Morgan fingerprint density at radius 1 is 1.19 bits per heavy atom. The number of hydrogen-bond donors (Lipinski definition) is 0. The van der Waals surface area contributed by atoms with E-state index >= 15 is 0 Å². The SMILES string of the molecule is O=c1n(CCCCCCCl)ccn1C1CC1. The molecule has 0 spiro atoms. The number of aryl methyl sites for hydroxylation is 1. The predicted molar refractivity (Wildman–Crippen MR) is 66.2 cm³/mol. The zero-order chi connectivity index (χ0) is 11.4. The lowest BCUT2D eigenvalue weighted by Crippen LogP contribution is -2.23. The summed E-state index contributed by atoms with van der Waals surface area (Å²) in [7, 11) is 0. The maximum Gasteiger partial charge on any atom is 0.328 e. The highest BCUT2D eigenvalue weighted by molar-refractivity contribution is 6.17. The topological polar surface area (TPSA) is 26.9 Å². The minimum atomic E-state index is 0.167. The zero-order valence-corrected chi connectivity index (χ0v) is 10.3. The summed E-state index contributed by atoms with van der Waals surface area (Å²) < 4.78 is 3.71. The standard InChI is InChI=1S/C12H19ClN2O/c13-7-3-1-2-4-8-14-9-10-15(12(14)16)11-5-6-11/h9-11H,1-8H2. The first kappa shape index (κ1) is 11.8. The van der Waals surface area contributed by atoms with E-state index in [4.69, 9.17) is 11.6 Å². The van der Waals surface area contributed by atoms with E-state index in [1.807, 2.05) is 21.5 Å². The van der Waals surface area contributed by atoms with Crippen molar-refractivity contribution in [2.75, 3.05) is 5.88 Å². The summed E-state index contributed by atoms with van der Waals surface area (Å²) in [5, 5.41) is 0. The molecule has 1 aromatic heterocycles. The van der Waals surface area contributed by atoms with Crippen molar-refractivity contribution >= 4 is 11.6 Å². The van der Waals surface area contributed by atoms with Gasteiger partial charge in [-0.15, -0.1) is 11.6 Å². The van der Waals surface area contributed by atoms with Crippen LogP contribution in [0.1, 0.15) is 44.6 Å². The lowest BCUT2D eigenvalue weighted by molar-refractivity contribution is 0.556. The number of hydrogen-bond acceptors (Lipinski definition) is 1. The van der Waals surface area contributed by atoms with Crippen LogP contribution in [0.3, 0.4) is 0 Å². The van der Waals surface area contributed by atoms with Crippen molar-refractivity contribution in [1.82, 2.24) is 9.13 Å². The van der Waals surface area contributed by atoms with Crippen LogP contribution in [-0.2, 0) is 6.54 Å². The van der Waals surface area contributed by atoms with Crippen LogP contribution in [0.25, 0.3) is 0 Å². The first-order valence-electron chi connectivity index (χ1n) is 6.16. The van der Waals surface area contributed by atoms with Gasteiger partial charge in [0, 0.05) is 30.9 Å². The second-order valence-electron chi connectivity index (χ2n) is 4.52. The molecule has 90 valence electrons. The first-order valence-corrected chi connectivity index (χ1v) is 6.69. The first-order chi connectivity index (χ1) is 7.83. The molecule has 0 amide bonds. The van der Waals surface area contributed by atoms with Crippen molar-refractivity contribution in [3.05, 3.63) is 22.9 Å². The molecular formula is C12H19ClN2O. The molecule has 3 nitrogen and oxygen atoms in total. The maximum absolute atomic E-state index is 11.9. The minimum Gasteiger partial charge on any atom is -0.299 e. The molecule has 0 atom stereocenters. The van der Waals surface area contributed by atoms with Crippen LogP contribution in [0.4, 0.5) is 0 Å². The maximum atomic E-state index is 11.9. The summed E-state index contributed by atoms with van der Waals surface area (Å²) in [6, 6.07) is 0.491. The highest BCUT2D eigenvalue weighted by Gasteiger charge is 2.25. The lowest BCUT2D eigenvalue weighted by Gasteiger charge is -2.01. The van der Waals surface area contributed by atoms with E-state index < -0.39 is 0 Å². The molecule has 0 aliphatic heterocycles. The average molecular weight is 243 g/mol. The minimum absolute atomic E-state index is 0.167. The van der Waals surface area contributed by atoms with Crippen LogP contribution in [0, 0.1) is 0 Å². The molecule has 1 aliphatic carbocycles. The van der Waals surface area contributed by atoms with Gasteiger partial charge in [0.1, 0.15) is 0 Å². The van der Waals surface area contributed by atoms with E-state index in [-0.39, 0.29) is 5.69 Å². The molecule has 1 heterocycles. The number of alkyl halides is 1. The summed E-state index contributed by atoms with van der Waals surface area (Å²) in [6.45, 7) is 0.848. The van der Waals surface area contributed by atoms with Crippen molar-refractivity contribution in [1.29, 1.82) is 0 Å². The lowest BCUT2D eigenvalue weighted by atomic mass is 10.2. The molecule has 1 aromatic rings. The molecule has 16 heavy (non-hydrogen) atoms. The third-order valence-electron chi connectivity index (χ3n) is 3.10. The highest BCUT2D eigenvalue weighted by Crippen LogP contribution is 2.33. The Hall–Kier alpha value is -0.700. The Bertz CT molecular complexity index is 379.